The smallest absolute Gasteiger partial charge is 0.257 e. The van der Waals surface area contributed by atoms with Crippen molar-refractivity contribution in [3.05, 3.63) is 90.0 Å². The number of carbonyl (C=O) groups is 2. The van der Waals surface area contributed by atoms with E-state index < -0.39 is 5.82 Å². The molecule has 7 heteroatoms. The molecule has 1 atom stereocenters. The Labute approximate surface area is 186 Å². The van der Waals surface area contributed by atoms with Crippen LogP contribution in [-0.2, 0) is 0 Å². The highest BCUT2D eigenvalue weighted by Crippen LogP contribution is 2.23. The number of nitrogens with one attached hydrogen (secondary N) is 2. The zero-order valence-corrected chi connectivity index (χ0v) is 18.3. The average molecular weight is 435 g/mol. The van der Waals surface area contributed by atoms with Crippen molar-refractivity contribution in [3.63, 3.8) is 0 Å². The first kappa shape index (κ1) is 22.9. The summed E-state index contributed by atoms with van der Waals surface area (Å²) >= 11 is 0. The van der Waals surface area contributed by atoms with Gasteiger partial charge in [0, 0.05) is 23.6 Å². The number of pyridine rings is 1. The van der Waals surface area contributed by atoms with Crippen LogP contribution in [-0.4, -0.2) is 29.4 Å². The van der Waals surface area contributed by atoms with Crippen LogP contribution in [0, 0.1) is 11.2 Å². The first-order chi connectivity index (χ1) is 15.2. The molecule has 0 radical (unpaired) electrons. The number of ether oxygens (including phenoxy) is 1. The molecule has 32 heavy (non-hydrogen) atoms. The monoisotopic (exact) mass is 435 g/mol. The highest BCUT2D eigenvalue weighted by atomic mass is 19.1. The van der Waals surface area contributed by atoms with Crippen molar-refractivity contribution in [2.24, 2.45) is 5.41 Å². The SMILES string of the molecule is CC(C)(C)C(COc1ccccc1F)NC(=O)c1cccc(NC(=O)c2cccnc2)c1. The van der Waals surface area contributed by atoms with E-state index in [1.54, 1.807) is 60.8 Å². The van der Waals surface area contributed by atoms with E-state index in [1.807, 2.05) is 20.8 Å². The Hall–Kier alpha value is -3.74. The van der Waals surface area contributed by atoms with Crippen LogP contribution in [0.3, 0.4) is 0 Å². The predicted molar refractivity (Wildman–Crippen MR) is 121 cm³/mol. The van der Waals surface area contributed by atoms with E-state index in [4.69, 9.17) is 4.74 Å². The van der Waals surface area contributed by atoms with E-state index in [0.717, 1.165) is 0 Å². The lowest BCUT2D eigenvalue weighted by Gasteiger charge is -2.31. The van der Waals surface area contributed by atoms with Gasteiger partial charge >= 0.3 is 0 Å². The Kier molecular flexibility index (Phi) is 7.20. The van der Waals surface area contributed by atoms with Gasteiger partial charge in [0.1, 0.15) is 6.61 Å². The molecule has 6 nitrogen and oxygen atoms in total. The summed E-state index contributed by atoms with van der Waals surface area (Å²) in [6, 6.07) is 15.7. The van der Waals surface area contributed by atoms with Crippen molar-refractivity contribution in [2.45, 2.75) is 26.8 Å². The minimum atomic E-state index is -0.455. The number of rotatable bonds is 7. The molecule has 3 rings (SSSR count). The van der Waals surface area contributed by atoms with Crippen molar-refractivity contribution in [3.8, 4) is 5.75 Å². The second kappa shape index (κ2) is 10.0. The molecule has 0 saturated carbocycles. The Morgan fingerprint density at radius 1 is 1.00 bits per heavy atom. The summed E-state index contributed by atoms with van der Waals surface area (Å²) in [5.41, 5.74) is 0.948. The summed E-state index contributed by atoms with van der Waals surface area (Å²) < 4.78 is 19.5. The summed E-state index contributed by atoms with van der Waals surface area (Å²) in [5, 5.41) is 5.73. The maximum Gasteiger partial charge on any atom is 0.257 e. The van der Waals surface area contributed by atoms with Crippen LogP contribution in [0.4, 0.5) is 10.1 Å². The number of benzene rings is 2. The van der Waals surface area contributed by atoms with Crippen LogP contribution >= 0.6 is 0 Å². The van der Waals surface area contributed by atoms with Crippen molar-refractivity contribution in [1.82, 2.24) is 10.3 Å². The molecular formula is C25H26FN3O3. The van der Waals surface area contributed by atoms with E-state index in [1.165, 1.54) is 12.3 Å². The van der Waals surface area contributed by atoms with Crippen LogP contribution in [0.25, 0.3) is 0 Å². The number of carbonyl (C=O) groups excluding carboxylic acids is 2. The van der Waals surface area contributed by atoms with Gasteiger partial charge < -0.3 is 15.4 Å². The van der Waals surface area contributed by atoms with Crippen LogP contribution in [0.2, 0.25) is 0 Å². The van der Waals surface area contributed by atoms with E-state index in [9.17, 15) is 14.0 Å². The second-order valence-corrected chi connectivity index (χ2v) is 8.41. The molecule has 2 N–H and O–H groups in total. The number of hydrogen-bond acceptors (Lipinski definition) is 4. The summed E-state index contributed by atoms with van der Waals surface area (Å²) in [5.74, 6) is -0.958. The molecule has 0 spiro atoms. The molecule has 2 amide bonds. The molecule has 1 aromatic heterocycles. The van der Waals surface area contributed by atoms with Crippen LogP contribution in [0.5, 0.6) is 5.75 Å². The lowest BCUT2D eigenvalue weighted by molar-refractivity contribution is 0.0860. The highest BCUT2D eigenvalue weighted by molar-refractivity contribution is 6.04. The van der Waals surface area contributed by atoms with Gasteiger partial charge in [-0.1, -0.05) is 39.0 Å². The Balaban J connectivity index is 1.69. The predicted octanol–water partition coefficient (Wildman–Crippen LogP) is 4.70. The quantitative estimate of drug-likeness (QED) is 0.564. The van der Waals surface area contributed by atoms with E-state index in [2.05, 4.69) is 15.6 Å². The van der Waals surface area contributed by atoms with Crippen molar-refractivity contribution in [2.75, 3.05) is 11.9 Å². The van der Waals surface area contributed by atoms with Gasteiger partial charge in [-0.3, -0.25) is 14.6 Å². The Morgan fingerprint density at radius 2 is 1.75 bits per heavy atom. The third-order valence-electron chi connectivity index (χ3n) is 4.90. The Bertz CT molecular complexity index is 1080. The standard InChI is InChI=1S/C25H26FN3O3/c1-25(2,3)22(16-32-21-12-5-4-11-20(21)26)29-23(30)17-8-6-10-19(14-17)28-24(31)18-9-7-13-27-15-18/h4-15,22H,16H2,1-3H3,(H,28,31)(H,29,30). The molecule has 0 fully saturated rings. The van der Waals surface area contributed by atoms with Gasteiger partial charge in [0.05, 0.1) is 11.6 Å². The van der Waals surface area contributed by atoms with Crippen molar-refractivity contribution >= 4 is 17.5 Å². The number of nitrogens with zero attached hydrogens (tertiary/aromatic N) is 1. The molecule has 2 aromatic carbocycles. The van der Waals surface area contributed by atoms with Crippen LogP contribution in [0.1, 0.15) is 41.5 Å². The van der Waals surface area contributed by atoms with Crippen molar-refractivity contribution < 1.29 is 18.7 Å². The molecule has 0 saturated heterocycles. The summed E-state index contributed by atoms with van der Waals surface area (Å²) in [4.78, 5) is 29.2. The van der Waals surface area contributed by atoms with Gasteiger partial charge in [0.15, 0.2) is 11.6 Å². The molecule has 3 aromatic rings. The molecular weight excluding hydrogens is 409 g/mol. The van der Waals surface area contributed by atoms with Gasteiger partial charge in [0.25, 0.3) is 11.8 Å². The third-order valence-corrected chi connectivity index (χ3v) is 4.90. The summed E-state index contributed by atoms with van der Waals surface area (Å²) in [6.45, 7) is 6.00. The van der Waals surface area contributed by atoms with Gasteiger partial charge in [-0.05, 0) is 47.9 Å². The Morgan fingerprint density at radius 3 is 2.44 bits per heavy atom. The van der Waals surface area contributed by atoms with Crippen LogP contribution < -0.4 is 15.4 Å². The lowest BCUT2D eigenvalue weighted by Crippen LogP contribution is -2.47. The van der Waals surface area contributed by atoms with Gasteiger partial charge in [-0.25, -0.2) is 4.39 Å². The molecule has 0 aliphatic heterocycles. The summed E-state index contributed by atoms with van der Waals surface area (Å²) in [7, 11) is 0. The number of anilines is 1. The maximum absolute atomic E-state index is 13.9. The van der Waals surface area contributed by atoms with Gasteiger partial charge in [-0.2, -0.15) is 0 Å². The molecule has 0 aliphatic rings. The van der Waals surface area contributed by atoms with E-state index >= 15 is 0 Å². The fourth-order valence-corrected chi connectivity index (χ4v) is 2.92. The molecule has 0 bridgehead atoms. The van der Waals surface area contributed by atoms with Crippen LogP contribution in [0.15, 0.2) is 73.1 Å². The number of amides is 2. The molecule has 0 aliphatic carbocycles. The first-order valence-electron chi connectivity index (χ1n) is 10.2. The number of para-hydroxylation sites is 1. The van der Waals surface area contributed by atoms with E-state index in [-0.39, 0.29) is 35.6 Å². The second-order valence-electron chi connectivity index (χ2n) is 8.41. The normalized spacial score (nSPS) is 12.0. The van der Waals surface area contributed by atoms with Gasteiger partial charge in [-0.15, -0.1) is 0 Å². The zero-order valence-electron chi connectivity index (χ0n) is 18.3. The number of halogens is 1. The number of hydrogen-bond donors (Lipinski definition) is 2. The van der Waals surface area contributed by atoms with Crippen molar-refractivity contribution in [1.29, 1.82) is 0 Å². The average Bonchev–Trinajstić information content (AvgIpc) is 2.77. The minimum absolute atomic E-state index is 0.105. The third kappa shape index (κ3) is 6.14. The first-order valence-corrected chi connectivity index (χ1v) is 10.2. The lowest BCUT2D eigenvalue weighted by atomic mass is 9.87. The largest absolute Gasteiger partial charge is 0.488 e. The summed E-state index contributed by atoms with van der Waals surface area (Å²) in [6.07, 6.45) is 3.05. The van der Waals surface area contributed by atoms with Gasteiger partial charge in [0.2, 0.25) is 0 Å². The van der Waals surface area contributed by atoms with E-state index in [0.29, 0.717) is 16.8 Å². The zero-order chi connectivity index (χ0) is 23.1. The fraction of sp³-hybridized carbons (Fsp3) is 0.240. The molecule has 166 valence electrons. The number of aromatic nitrogens is 1. The highest BCUT2D eigenvalue weighted by Gasteiger charge is 2.28. The molecule has 1 heterocycles. The maximum atomic E-state index is 13.9. The fourth-order valence-electron chi connectivity index (χ4n) is 2.92. The topological polar surface area (TPSA) is 80.3 Å². The molecule has 1 unspecified atom stereocenters. The minimum Gasteiger partial charge on any atom is -0.488 e.